The highest BCUT2D eigenvalue weighted by molar-refractivity contribution is 5.97. The maximum Gasteiger partial charge on any atom is 0.343 e. The number of nitrogens with zero attached hydrogens (tertiary/aromatic N) is 1. The Kier molecular flexibility index (Phi) is 10.1. The number of nitrogens with one attached hydrogen (secondary N) is 2. The molecular formula is C32H27N3O7. The van der Waals surface area contributed by atoms with Crippen molar-refractivity contribution in [1.82, 2.24) is 10.7 Å². The van der Waals surface area contributed by atoms with Gasteiger partial charge in [-0.2, -0.15) is 5.10 Å². The molecule has 0 aliphatic carbocycles. The Hall–Kier alpha value is -5.77. The van der Waals surface area contributed by atoms with E-state index in [1.807, 2.05) is 6.92 Å². The molecule has 0 fully saturated rings. The molecule has 0 bridgehead atoms. The number of hydrogen-bond acceptors (Lipinski definition) is 8. The number of benzene rings is 4. The van der Waals surface area contributed by atoms with Gasteiger partial charge in [-0.3, -0.25) is 9.59 Å². The third-order valence-electron chi connectivity index (χ3n) is 5.65. The zero-order valence-electron chi connectivity index (χ0n) is 22.6. The van der Waals surface area contributed by atoms with Gasteiger partial charge in [0.25, 0.3) is 11.8 Å². The summed E-state index contributed by atoms with van der Waals surface area (Å²) in [5.74, 6) is -1.43. The number of carbonyl (C=O) groups excluding carboxylic acids is 4. The lowest BCUT2D eigenvalue weighted by Gasteiger charge is -2.11. The van der Waals surface area contributed by atoms with Gasteiger partial charge in [-0.1, -0.05) is 36.4 Å². The van der Waals surface area contributed by atoms with Crippen LogP contribution < -0.4 is 25.0 Å². The summed E-state index contributed by atoms with van der Waals surface area (Å²) in [6, 6.07) is 27.7. The van der Waals surface area contributed by atoms with E-state index in [1.165, 1.54) is 24.4 Å². The Bertz CT molecular complexity index is 1570. The minimum Gasteiger partial charge on any atom is -0.494 e. The maximum absolute atomic E-state index is 12.7. The number of hydrazone groups is 1. The summed E-state index contributed by atoms with van der Waals surface area (Å²) in [5.41, 5.74) is 3.66. The lowest BCUT2D eigenvalue weighted by atomic mass is 10.2. The Morgan fingerprint density at radius 2 is 1.31 bits per heavy atom. The van der Waals surface area contributed by atoms with E-state index in [1.54, 1.807) is 84.9 Å². The first-order valence-electron chi connectivity index (χ1n) is 12.9. The Labute approximate surface area is 241 Å². The summed E-state index contributed by atoms with van der Waals surface area (Å²) in [7, 11) is 0. The van der Waals surface area contributed by atoms with Gasteiger partial charge < -0.3 is 19.5 Å². The molecule has 0 aliphatic heterocycles. The van der Waals surface area contributed by atoms with Crippen molar-refractivity contribution in [2.45, 2.75) is 6.92 Å². The molecule has 2 amide bonds. The minimum atomic E-state index is -0.641. The molecule has 0 atom stereocenters. The number of ether oxygens (including phenoxy) is 3. The molecule has 0 saturated heterocycles. The third kappa shape index (κ3) is 8.36. The summed E-state index contributed by atoms with van der Waals surface area (Å²) in [6.45, 7) is 2.04. The quantitative estimate of drug-likeness (QED) is 0.119. The molecule has 0 saturated carbocycles. The Balaban J connectivity index is 1.41. The fourth-order valence-corrected chi connectivity index (χ4v) is 3.59. The van der Waals surface area contributed by atoms with Crippen LogP contribution in [-0.4, -0.2) is 43.1 Å². The SMILES string of the molecule is CCOc1ccc(C(=O)NCC(=O)NN=Cc2ccc(OC(=O)c3ccccc3)cc2OC(=O)c2ccccc2)cc1. The number of esters is 2. The van der Waals surface area contributed by atoms with Crippen molar-refractivity contribution in [1.29, 1.82) is 0 Å². The van der Waals surface area contributed by atoms with Gasteiger partial charge in [0.1, 0.15) is 17.2 Å². The van der Waals surface area contributed by atoms with E-state index in [4.69, 9.17) is 14.2 Å². The van der Waals surface area contributed by atoms with Gasteiger partial charge in [-0.15, -0.1) is 0 Å². The largest absolute Gasteiger partial charge is 0.494 e. The average Bonchev–Trinajstić information content (AvgIpc) is 3.02. The molecule has 42 heavy (non-hydrogen) atoms. The highest BCUT2D eigenvalue weighted by Crippen LogP contribution is 2.26. The molecule has 0 unspecified atom stereocenters. The number of hydrogen-bond donors (Lipinski definition) is 2. The number of amides is 2. The van der Waals surface area contributed by atoms with Gasteiger partial charge in [0.2, 0.25) is 0 Å². The predicted molar refractivity (Wildman–Crippen MR) is 155 cm³/mol. The standard InChI is InChI=1S/C32H27N3O7/c1-2-40-26-16-13-22(14-17-26)30(37)33-21-29(36)35-34-20-25-15-18-27(41-31(38)23-9-5-3-6-10-23)19-28(25)42-32(39)24-11-7-4-8-12-24/h3-20H,2,21H2,1H3,(H,33,37)(H,35,36). The normalized spacial score (nSPS) is 10.5. The molecule has 0 spiro atoms. The van der Waals surface area contributed by atoms with Crippen molar-refractivity contribution in [2.75, 3.05) is 13.2 Å². The molecule has 0 heterocycles. The van der Waals surface area contributed by atoms with Crippen LogP contribution in [0.2, 0.25) is 0 Å². The molecular weight excluding hydrogens is 538 g/mol. The van der Waals surface area contributed by atoms with E-state index in [-0.39, 0.29) is 18.0 Å². The fourth-order valence-electron chi connectivity index (χ4n) is 3.59. The van der Waals surface area contributed by atoms with Crippen LogP contribution in [0.4, 0.5) is 0 Å². The minimum absolute atomic E-state index is 0.0454. The molecule has 4 aromatic rings. The van der Waals surface area contributed by atoms with Gasteiger partial charge in [-0.05, 0) is 67.6 Å². The molecule has 10 nitrogen and oxygen atoms in total. The van der Waals surface area contributed by atoms with Crippen LogP contribution in [0, 0.1) is 0 Å². The number of carbonyl (C=O) groups is 4. The lowest BCUT2D eigenvalue weighted by molar-refractivity contribution is -0.120. The molecule has 212 valence electrons. The van der Waals surface area contributed by atoms with Crippen molar-refractivity contribution < 1.29 is 33.4 Å². The average molecular weight is 566 g/mol. The summed E-state index contributed by atoms with van der Waals surface area (Å²) in [4.78, 5) is 49.8. The van der Waals surface area contributed by atoms with Crippen molar-refractivity contribution >= 4 is 30.0 Å². The van der Waals surface area contributed by atoms with Crippen molar-refractivity contribution in [2.24, 2.45) is 5.10 Å². The van der Waals surface area contributed by atoms with Gasteiger partial charge in [0.15, 0.2) is 0 Å². The van der Waals surface area contributed by atoms with Gasteiger partial charge >= 0.3 is 11.9 Å². The predicted octanol–water partition coefficient (Wildman–Crippen LogP) is 4.40. The van der Waals surface area contributed by atoms with Crippen molar-refractivity contribution in [3.63, 3.8) is 0 Å². The highest BCUT2D eigenvalue weighted by Gasteiger charge is 2.15. The van der Waals surface area contributed by atoms with Crippen LogP contribution >= 0.6 is 0 Å². The molecule has 2 N–H and O–H groups in total. The third-order valence-corrected chi connectivity index (χ3v) is 5.65. The second-order valence-corrected chi connectivity index (χ2v) is 8.64. The maximum atomic E-state index is 12.7. The first kappa shape index (κ1) is 29.2. The second-order valence-electron chi connectivity index (χ2n) is 8.64. The lowest BCUT2D eigenvalue weighted by Crippen LogP contribution is -2.34. The fraction of sp³-hybridized carbons (Fsp3) is 0.0938. The molecule has 4 rings (SSSR count). The van der Waals surface area contributed by atoms with Crippen LogP contribution in [0.3, 0.4) is 0 Å². The van der Waals surface area contributed by atoms with Gasteiger partial charge in [-0.25, -0.2) is 15.0 Å². The molecule has 10 heteroatoms. The van der Waals surface area contributed by atoms with E-state index in [2.05, 4.69) is 15.8 Å². The zero-order chi connectivity index (χ0) is 29.7. The Morgan fingerprint density at radius 3 is 1.93 bits per heavy atom. The van der Waals surface area contributed by atoms with E-state index >= 15 is 0 Å². The first-order chi connectivity index (χ1) is 20.4. The van der Waals surface area contributed by atoms with Crippen LogP contribution in [0.1, 0.15) is 43.6 Å². The molecule has 0 aliphatic rings. The van der Waals surface area contributed by atoms with Crippen molar-refractivity contribution in [3.8, 4) is 17.2 Å². The van der Waals surface area contributed by atoms with E-state index in [0.29, 0.717) is 34.6 Å². The van der Waals surface area contributed by atoms with Crippen molar-refractivity contribution in [3.05, 3.63) is 125 Å². The molecule has 4 aromatic carbocycles. The van der Waals surface area contributed by atoms with Gasteiger partial charge in [0, 0.05) is 17.2 Å². The second kappa shape index (κ2) is 14.6. The zero-order valence-corrected chi connectivity index (χ0v) is 22.6. The Morgan fingerprint density at radius 1 is 0.714 bits per heavy atom. The van der Waals surface area contributed by atoms with Crippen LogP contribution in [0.25, 0.3) is 0 Å². The topological polar surface area (TPSA) is 132 Å². The van der Waals surface area contributed by atoms with E-state index in [0.717, 1.165) is 0 Å². The number of rotatable bonds is 11. The summed E-state index contributed by atoms with van der Waals surface area (Å²) in [6.07, 6.45) is 1.27. The summed E-state index contributed by atoms with van der Waals surface area (Å²) >= 11 is 0. The molecule has 0 aromatic heterocycles. The monoisotopic (exact) mass is 565 g/mol. The van der Waals surface area contributed by atoms with Crippen LogP contribution in [-0.2, 0) is 4.79 Å². The highest BCUT2D eigenvalue weighted by atomic mass is 16.5. The summed E-state index contributed by atoms with van der Waals surface area (Å²) < 4.78 is 16.4. The first-order valence-corrected chi connectivity index (χ1v) is 12.9. The van der Waals surface area contributed by atoms with E-state index in [9.17, 15) is 19.2 Å². The van der Waals surface area contributed by atoms with E-state index < -0.39 is 23.8 Å². The van der Waals surface area contributed by atoms with Crippen LogP contribution in [0.5, 0.6) is 17.2 Å². The van der Waals surface area contributed by atoms with Gasteiger partial charge in [0.05, 0.1) is 30.5 Å². The smallest absolute Gasteiger partial charge is 0.343 e. The summed E-state index contributed by atoms with van der Waals surface area (Å²) in [5, 5.41) is 6.42. The molecule has 0 radical (unpaired) electrons. The van der Waals surface area contributed by atoms with Crippen LogP contribution in [0.15, 0.2) is 108 Å².